The summed E-state index contributed by atoms with van der Waals surface area (Å²) in [6, 6.07) is 6.85. The summed E-state index contributed by atoms with van der Waals surface area (Å²) < 4.78 is 0. The summed E-state index contributed by atoms with van der Waals surface area (Å²) in [5.74, 6) is -0.307. The van der Waals surface area contributed by atoms with Crippen LogP contribution >= 0.6 is 0 Å². The number of phenols is 2. The van der Waals surface area contributed by atoms with E-state index in [1.807, 2.05) is 41.5 Å². The van der Waals surface area contributed by atoms with Gasteiger partial charge in [0.15, 0.2) is 12.6 Å². The van der Waals surface area contributed by atoms with Crippen molar-refractivity contribution in [3.8, 4) is 11.5 Å². The Labute approximate surface area is 200 Å². The fraction of sp³-hybridized carbons (Fsp3) is 0.407. The molecular weight excluding hydrogens is 432 g/mol. The maximum absolute atomic E-state index is 11.3. The van der Waals surface area contributed by atoms with Crippen molar-refractivity contribution in [3.05, 3.63) is 57.6 Å². The fourth-order valence-corrected chi connectivity index (χ4v) is 3.21. The number of hydrogen-bond donors (Lipinski definition) is 3. The summed E-state index contributed by atoms with van der Waals surface area (Å²) in [6.45, 7) is 12.1. The van der Waals surface area contributed by atoms with Gasteiger partial charge in [-0.25, -0.2) is 0 Å². The van der Waals surface area contributed by atoms with Gasteiger partial charge < -0.3 is 15.3 Å². The maximum Gasteiger partial charge on any atom is 0.153 e. The highest BCUT2D eigenvalue weighted by Crippen LogP contribution is 2.30. The Morgan fingerprint density at radius 3 is 1.32 bits per heavy atom. The molecule has 34 heavy (non-hydrogen) atoms. The molecule has 0 unspecified atom stereocenters. The molecule has 0 heterocycles. The number of carbonyl (C=O) groups excluding carboxylic acids is 2. The van der Waals surface area contributed by atoms with Gasteiger partial charge in [0.2, 0.25) is 0 Å². The second-order valence-electron chi connectivity index (χ2n) is 10.4. The van der Waals surface area contributed by atoms with Crippen molar-refractivity contribution >= 4 is 25.0 Å². The summed E-state index contributed by atoms with van der Waals surface area (Å²) in [5.41, 5.74) is 2.49. The molecule has 0 amide bonds. The molecule has 2 aromatic rings. The zero-order valence-electron chi connectivity index (χ0n) is 20.7. The molecule has 0 fully saturated rings. The van der Waals surface area contributed by atoms with Gasteiger partial charge in [0, 0.05) is 23.6 Å². The molecule has 7 heteroatoms. The van der Waals surface area contributed by atoms with Crippen LogP contribution in [-0.4, -0.2) is 59.5 Å². The van der Waals surface area contributed by atoms with E-state index in [4.69, 9.17) is 0 Å². The number of aliphatic hydroxyl groups is 1. The van der Waals surface area contributed by atoms with Crippen LogP contribution in [-0.2, 0) is 10.8 Å². The van der Waals surface area contributed by atoms with Gasteiger partial charge in [-0.2, -0.15) is 0 Å². The largest absolute Gasteiger partial charge is 0.507 e. The highest BCUT2D eigenvalue weighted by atomic mass is 16.3. The Kier molecular flexibility index (Phi) is 8.51. The van der Waals surface area contributed by atoms with Gasteiger partial charge in [-0.1, -0.05) is 41.5 Å². The lowest BCUT2D eigenvalue weighted by atomic mass is 9.85. The molecule has 7 nitrogen and oxygen atoms in total. The molecule has 0 aliphatic rings. The molecule has 2 aromatic carbocycles. The normalized spacial score (nSPS) is 13.5. The lowest BCUT2D eigenvalue weighted by molar-refractivity contribution is 0.111. The smallest absolute Gasteiger partial charge is 0.153 e. The number of aliphatic imine (C=N–C) groups is 2. The van der Waals surface area contributed by atoms with Crippen LogP contribution in [0.15, 0.2) is 34.3 Å². The third kappa shape index (κ3) is 6.84. The van der Waals surface area contributed by atoms with Crippen LogP contribution in [0.25, 0.3) is 0 Å². The minimum atomic E-state index is -0.899. The molecule has 0 aromatic heterocycles. The third-order valence-electron chi connectivity index (χ3n) is 5.42. The van der Waals surface area contributed by atoms with Gasteiger partial charge in [0.05, 0.1) is 30.3 Å². The number of rotatable bonds is 8. The Morgan fingerprint density at radius 2 is 1.03 bits per heavy atom. The van der Waals surface area contributed by atoms with Gasteiger partial charge in [-0.3, -0.25) is 19.6 Å². The lowest BCUT2D eigenvalue weighted by Crippen LogP contribution is -2.15. The molecule has 0 atom stereocenters. The average molecular weight is 467 g/mol. The Bertz CT molecular complexity index is 1020. The quantitative estimate of drug-likeness (QED) is 0.398. The number of aromatic hydroxyl groups is 2. The fourth-order valence-electron chi connectivity index (χ4n) is 3.21. The molecule has 0 spiro atoms. The minimum absolute atomic E-state index is 0.0283. The first kappa shape index (κ1) is 26.9. The van der Waals surface area contributed by atoms with Crippen molar-refractivity contribution in [2.75, 3.05) is 13.1 Å². The summed E-state index contributed by atoms with van der Waals surface area (Å²) in [7, 11) is 0. The average Bonchev–Trinajstić information content (AvgIpc) is 2.74. The molecule has 182 valence electrons. The van der Waals surface area contributed by atoms with E-state index in [-0.39, 0.29) is 46.5 Å². The van der Waals surface area contributed by atoms with Crippen molar-refractivity contribution in [2.24, 2.45) is 9.98 Å². The van der Waals surface area contributed by atoms with Crippen molar-refractivity contribution in [2.45, 2.75) is 58.5 Å². The van der Waals surface area contributed by atoms with Crippen LogP contribution in [0.4, 0.5) is 0 Å². The number of hydrogen-bond acceptors (Lipinski definition) is 7. The Morgan fingerprint density at radius 1 is 0.706 bits per heavy atom. The second kappa shape index (κ2) is 10.7. The SMILES string of the molecule is CC(C)(C)c1cc(C=O)c(O)c(C=NCC(O)CN=Cc2cc(C(C)(C)C)cc(C=O)c2O)c1. The van der Waals surface area contributed by atoms with E-state index >= 15 is 0 Å². The summed E-state index contributed by atoms with van der Waals surface area (Å²) in [4.78, 5) is 31.0. The number of carbonyl (C=O) groups is 2. The number of benzene rings is 2. The lowest BCUT2D eigenvalue weighted by Gasteiger charge is -2.20. The van der Waals surface area contributed by atoms with Crippen LogP contribution in [0.1, 0.15) is 84.5 Å². The highest BCUT2D eigenvalue weighted by Gasteiger charge is 2.19. The molecule has 0 radical (unpaired) electrons. The van der Waals surface area contributed by atoms with Gasteiger partial charge in [0.1, 0.15) is 11.5 Å². The predicted octanol–water partition coefficient (Wildman–Crippen LogP) is 4.22. The first-order valence-electron chi connectivity index (χ1n) is 11.1. The van der Waals surface area contributed by atoms with E-state index in [0.29, 0.717) is 23.7 Å². The molecule has 0 saturated heterocycles. The maximum atomic E-state index is 11.3. The predicted molar refractivity (Wildman–Crippen MR) is 135 cm³/mol. The number of aldehydes is 2. The summed E-state index contributed by atoms with van der Waals surface area (Å²) in [5, 5.41) is 30.9. The number of phenolic OH excluding ortho intramolecular Hbond substituents is 2. The van der Waals surface area contributed by atoms with E-state index in [0.717, 1.165) is 11.1 Å². The molecule has 0 saturated carbocycles. The first-order chi connectivity index (χ1) is 15.8. The second-order valence-corrected chi connectivity index (χ2v) is 10.4. The summed E-state index contributed by atoms with van der Waals surface area (Å²) >= 11 is 0. The van der Waals surface area contributed by atoms with Gasteiger partial charge in [0.25, 0.3) is 0 Å². The van der Waals surface area contributed by atoms with Gasteiger partial charge >= 0.3 is 0 Å². The van der Waals surface area contributed by atoms with E-state index < -0.39 is 6.10 Å². The van der Waals surface area contributed by atoms with Crippen LogP contribution in [0.2, 0.25) is 0 Å². The van der Waals surface area contributed by atoms with Gasteiger partial charge in [-0.05, 0) is 46.2 Å². The Balaban J connectivity index is 2.13. The zero-order valence-corrected chi connectivity index (χ0v) is 20.7. The zero-order chi connectivity index (χ0) is 25.7. The minimum Gasteiger partial charge on any atom is -0.507 e. The van der Waals surface area contributed by atoms with E-state index in [2.05, 4.69) is 9.98 Å². The summed E-state index contributed by atoms with van der Waals surface area (Å²) in [6.07, 6.45) is 3.17. The van der Waals surface area contributed by atoms with Crippen molar-refractivity contribution in [3.63, 3.8) is 0 Å². The molecule has 0 aliphatic carbocycles. The van der Waals surface area contributed by atoms with Crippen molar-refractivity contribution in [1.82, 2.24) is 0 Å². The highest BCUT2D eigenvalue weighted by molar-refractivity contribution is 5.91. The number of nitrogens with zero attached hydrogens (tertiary/aromatic N) is 2. The number of aliphatic hydroxyl groups excluding tert-OH is 1. The van der Waals surface area contributed by atoms with E-state index in [9.17, 15) is 24.9 Å². The molecule has 2 rings (SSSR count). The Hall–Kier alpha value is -3.32. The first-order valence-corrected chi connectivity index (χ1v) is 11.1. The van der Waals surface area contributed by atoms with Crippen molar-refractivity contribution in [1.29, 1.82) is 0 Å². The van der Waals surface area contributed by atoms with Crippen LogP contribution in [0.5, 0.6) is 11.5 Å². The van der Waals surface area contributed by atoms with E-state index in [1.54, 1.807) is 24.3 Å². The van der Waals surface area contributed by atoms with E-state index in [1.165, 1.54) is 12.4 Å². The topological polar surface area (TPSA) is 120 Å². The molecular formula is C27H34N2O5. The van der Waals surface area contributed by atoms with Gasteiger partial charge in [-0.15, -0.1) is 0 Å². The standard InChI is InChI=1S/C27H34N2O5/c1-26(2,3)21-7-17(24(33)19(9-21)15-30)11-28-13-23(32)14-29-12-18-8-22(27(4,5)6)10-20(16-31)25(18)34/h7-12,15-16,23,32-34H,13-14H2,1-6H3. The van der Waals surface area contributed by atoms with Crippen LogP contribution in [0, 0.1) is 0 Å². The van der Waals surface area contributed by atoms with Crippen LogP contribution in [0.3, 0.4) is 0 Å². The molecule has 0 bridgehead atoms. The molecule has 0 aliphatic heterocycles. The third-order valence-corrected chi connectivity index (χ3v) is 5.42. The monoisotopic (exact) mass is 466 g/mol. The molecule has 3 N–H and O–H groups in total. The van der Waals surface area contributed by atoms with Crippen molar-refractivity contribution < 1.29 is 24.9 Å². The van der Waals surface area contributed by atoms with Crippen LogP contribution < -0.4 is 0 Å².